The van der Waals surface area contributed by atoms with Crippen molar-refractivity contribution in [3.05, 3.63) is 76.3 Å². The van der Waals surface area contributed by atoms with Crippen LogP contribution in [0.15, 0.2) is 54.6 Å². The first-order chi connectivity index (χ1) is 14.1. The summed E-state index contributed by atoms with van der Waals surface area (Å²) >= 11 is 1.48. The number of para-hydroxylation sites is 1. The summed E-state index contributed by atoms with van der Waals surface area (Å²) in [5.41, 5.74) is 5.26. The summed E-state index contributed by atoms with van der Waals surface area (Å²) in [4.78, 5) is 14.5. The maximum absolute atomic E-state index is 12.8. The first-order valence-corrected chi connectivity index (χ1v) is 10.8. The number of hydrogen-bond acceptors (Lipinski definition) is 3. The van der Waals surface area contributed by atoms with E-state index >= 15 is 0 Å². The minimum Gasteiger partial charge on any atom is -0.321 e. The molecule has 2 aromatic carbocycles. The number of nitrogens with one attached hydrogen (secondary N) is 1. The largest absolute Gasteiger partial charge is 0.321 e. The van der Waals surface area contributed by atoms with Crippen molar-refractivity contribution >= 4 is 33.1 Å². The Kier molecular flexibility index (Phi) is 5.49. The highest BCUT2D eigenvalue weighted by atomic mass is 32.1. The number of carbonyl (C=O) groups is 1. The molecule has 5 heteroatoms. The Morgan fingerprint density at radius 2 is 1.86 bits per heavy atom. The number of fused-ring (bicyclic) bond motifs is 1. The van der Waals surface area contributed by atoms with Crippen molar-refractivity contribution in [3.8, 4) is 5.69 Å². The third-order valence-corrected chi connectivity index (χ3v) is 6.25. The Labute approximate surface area is 175 Å². The molecule has 4 nitrogen and oxygen atoms in total. The zero-order chi connectivity index (χ0) is 20.4. The molecule has 29 heavy (non-hydrogen) atoms. The molecule has 0 saturated heterocycles. The molecular weight excluding hydrogens is 378 g/mol. The number of anilines is 1. The number of aryl methyl sites for hydroxylation is 3. The van der Waals surface area contributed by atoms with Crippen LogP contribution in [0.5, 0.6) is 0 Å². The lowest BCUT2D eigenvalue weighted by Gasteiger charge is -2.06. The molecule has 0 bridgehead atoms. The Morgan fingerprint density at radius 3 is 2.59 bits per heavy atom. The fourth-order valence-corrected chi connectivity index (χ4v) is 4.52. The van der Waals surface area contributed by atoms with E-state index in [-0.39, 0.29) is 5.91 Å². The van der Waals surface area contributed by atoms with E-state index in [0.29, 0.717) is 4.88 Å². The molecule has 0 saturated carbocycles. The Hall–Kier alpha value is -2.92. The van der Waals surface area contributed by atoms with Gasteiger partial charge in [0.1, 0.15) is 4.83 Å². The van der Waals surface area contributed by atoms with Gasteiger partial charge >= 0.3 is 0 Å². The Morgan fingerprint density at radius 1 is 1.10 bits per heavy atom. The summed E-state index contributed by atoms with van der Waals surface area (Å²) in [5.74, 6) is -0.0803. The molecule has 1 N–H and O–H groups in total. The van der Waals surface area contributed by atoms with E-state index in [0.717, 1.165) is 39.3 Å². The molecule has 148 valence electrons. The van der Waals surface area contributed by atoms with Crippen LogP contribution < -0.4 is 5.32 Å². The molecule has 2 aromatic heterocycles. The summed E-state index contributed by atoms with van der Waals surface area (Å²) in [6.07, 6.45) is 3.45. The first kappa shape index (κ1) is 19.4. The van der Waals surface area contributed by atoms with E-state index in [2.05, 4.69) is 43.4 Å². The minimum atomic E-state index is -0.0803. The number of rotatable bonds is 6. The number of aromatic nitrogens is 2. The van der Waals surface area contributed by atoms with Crippen molar-refractivity contribution in [1.82, 2.24) is 9.78 Å². The van der Waals surface area contributed by atoms with Crippen molar-refractivity contribution in [2.24, 2.45) is 0 Å². The van der Waals surface area contributed by atoms with Gasteiger partial charge in [0.15, 0.2) is 0 Å². The molecule has 0 aliphatic carbocycles. The smallest absolute Gasteiger partial charge is 0.265 e. The molecule has 0 spiro atoms. The average Bonchev–Trinajstić information content (AvgIpc) is 3.29. The number of hydrogen-bond donors (Lipinski definition) is 1. The van der Waals surface area contributed by atoms with E-state index in [1.807, 2.05) is 41.9 Å². The van der Waals surface area contributed by atoms with Gasteiger partial charge in [-0.05, 0) is 62.1 Å². The maximum atomic E-state index is 12.8. The summed E-state index contributed by atoms with van der Waals surface area (Å²) in [6.45, 7) is 6.25. The maximum Gasteiger partial charge on any atom is 0.265 e. The Bertz CT molecular complexity index is 1150. The average molecular weight is 404 g/mol. The van der Waals surface area contributed by atoms with Crippen LogP contribution in [0.4, 0.5) is 5.69 Å². The van der Waals surface area contributed by atoms with E-state index in [9.17, 15) is 4.79 Å². The molecule has 2 heterocycles. The lowest BCUT2D eigenvalue weighted by atomic mass is 10.1. The normalized spacial score (nSPS) is 11.1. The number of benzene rings is 2. The zero-order valence-electron chi connectivity index (χ0n) is 17.0. The van der Waals surface area contributed by atoms with Crippen molar-refractivity contribution in [2.45, 2.75) is 40.0 Å². The summed E-state index contributed by atoms with van der Waals surface area (Å²) in [6, 6.07) is 18.3. The van der Waals surface area contributed by atoms with E-state index in [1.165, 1.54) is 29.7 Å². The fraction of sp³-hybridized carbons (Fsp3) is 0.250. The lowest BCUT2D eigenvalue weighted by Crippen LogP contribution is -2.10. The lowest BCUT2D eigenvalue weighted by molar-refractivity contribution is 0.103. The third kappa shape index (κ3) is 3.96. The van der Waals surface area contributed by atoms with Crippen molar-refractivity contribution < 1.29 is 4.79 Å². The highest BCUT2D eigenvalue weighted by Gasteiger charge is 2.18. The molecule has 0 fully saturated rings. The monoisotopic (exact) mass is 403 g/mol. The van der Waals surface area contributed by atoms with Crippen molar-refractivity contribution in [1.29, 1.82) is 0 Å². The van der Waals surface area contributed by atoms with Crippen LogP contribution in [0.3, 0.4) is 0 Å². The van der Waals surface area contributed by atoms with E-state index < -0.39 is 0 Å². The van der Waals surface area contributed by atoms with E-state index in [4.69, 9.17) is 5.10 Å². The second kappa shape index (κ2) is 8.21. The van der Waals surface area contributed by atoms with Crippen LogP contribution in [0.2, 0.25) is 0 Å². The molecule has 0 aliphatic rings. The standard InChI is InChI=1S/C24H25N3OS/c1-4-5-9-18-11-13-19(14-12-18)25-23(28)22-15-20-17(3)26-27(24(20)29-22)21-10-7-6-8-16(21)2/h6-8,10-15H,4-5,9H2,1-3H3,(H,25,28). The van der Waals surface area contributed by atoms with E-state index in [1.54, 1.807) is 0 Å². The number of thiophene rings is 1. The van der Waals surface area contributed by atoms with Gasteiger partial charge in [-0.15, -0.1) is 11.3 Å². The summed E-state index contributed by atoms with van der Waals surface area (Å²) in [5, 5.41) is 8.75. The minimum absolute atomic E-state index is 0.0803. The SMILES string of the molecule is CCCCc1ccc(NC(=O)c2cc3c(C)nn(-c4ccccc4C)c3s2)cc1. The van der Waals surface area contributed by atoms with Crippen LogP contribution in [-0.4, -0.2) is 15.7 Å². The van der Waals surface area contributed by atoms with Crippen LogP contribution >= 0.6 is 11.3 Å². The van der Waals surface area contributed by atoms with Gasteiger partial charge < -0.3 is 5.32 Å². The van der Waals surface area contributed by atoms with Crippen LogP contribution in [0, 0.1) is 13.8 Å². The first-order valence-electron chi connectivity index (χ1n) is 10.0. The summed E-state index contributed by atoms with van der Waals surface area (Å²) < 4.78 is 1.95. The number of amides is 1. The fourth-order valence-electron chi connectivity index (χ4n) is 3.45. The second-order valence-corrected chi connectivity index (χ2v) is 8.40. The van der Waals surface area contributed by atoms with Gasteiger partial charge in [-0.2, -0.15) is 5.10 Å². The zero-order valence-corrected chi connectivity index (χ0v) is 17.8. The third-order valence-electron chi connectivity index (χ3n) is 5.14. The molecule has 4 rings (SSSR count). The van der Waals surface area contributed by atoms with Gasteiger partial charge in [0.05, 0.1) is 16.3 Å². The molecule has 0 unspecified atom stereocenters. The molecular formula is C24H25N3OS. The Balaban J connectivity index is 1.59. The van der Waals surface area contributed by atoms with Crippen LogP contribution in [0.25, 0.3) is 15.9 Å². The molecule has 0 atom stereocenters. The van der Waals surface area contributed by atoms with Crippen LogP contribution in [0.1, 0.15) is 46.3 Å². The van der Waals surface area contributed by atoms with Gasteiger partial charge in [0, 0.05) is 11.1 Å². The molecule has 1 amide bonds. The van der Waals surface area contributed by atoms with Gasteiger partial charge in [-0.3, -0.25) is 4.79 Å². The van der Waals surface area contributed by atoms with Gasteiger partial charge in [-0.25, -0.2) is 4.68 Å². The van der Waals surface area contributed by atoms with Crippen LogP contribution in [-0.2, 0) is 6.42 Å². The van der Waals surface area contributed by atoms with Gasteiger partial charge in [-0.1, -0.05) is 43.7 Å². The number of carbonyl (C=O) groups excluding carboxylic acids is 1. The summed E-state index contributed by atoms with van der Waals surface area (Å²) in [7, 11) is 0. The highest BCUT2D eigenvalue weighted by molar-refractivity contribution is 7.20. The second-order valence-electron chi connectivity index (χ2n) is 7.37. The van der Waals surface area contributed by atoms with Crippen molar-refractivity contribution in [2.75, 3.05) is 5.32 Å². The number of unbranched alkanes of at least 4 members (excludes halogenated alkanes) is 1. The highest BCUT2D eigenvalue weighted by Crippen LogP contribution is 2.31. The van der Waals surface area contributed by atoms with Gasteiger partial charge in [0.2, 0.25) is 0 Å². The molecule has 0 radical (unpaired) electrons. The topological polar surface area (TPSA) is 46.9 Å². The predicted molar refractivity (Wildman–Crippen MR) is 121 cm³/mol. The van der Waals surface area contributed by atoms with Gasteiger partial charge in [0.25, 0.3) is 5.91 Å². The quantitative estimate of drug-likeness (QED) is 0.411. The molecule has 0 aliphatic heterocycles. The van der Waals surface area contributed by atoms with Crippen molar-refractivity contribution in [3.63, 3.8) is 0 Å². The predicted octanol–water partition coefficient (Wildman–Crippen LogP) is 6.30. The number of nitrogens with zero attached hydrogens (tertiary/aromatic N) is 2. The molecule has 4 aromatic rings.